The highest BCUT2D eigenvalue weighted by Gasteiger charge is 2.26. The second-order valence-corrected chi connectivity index (χ2v) is 4.04. The molecule has 3 nitrogen and oxygen atoms in total. The zero-order valence-electron chi connectivity index (χ0n) is 9.78. The van der Waals surface area contributed by atoms with Crippen molar-refractivity contribution < 1.29 is 4.74 Å². The third kappa shape index (κ3) is 2.54. The van der Waals surface area contributed by atoms with E-state index >= 15 is 0 Å². The summed E-state index contributed by atoms with van der Waals surface area (Å²) in [6.45, 7) is 0.780. The summed E-state index contributed by atoms with van der Waals surface area (Å²) in [6, 6.07) is 20.3. The molecule has 0 N–H and O–H groups in total. The van der Waals surface area contributed by atoms with Crippen molar-refractivity contribution in [2.45, 2.75) is 6.10 Å². The van der Waals surface area contributed by atoms with Crippen molar-refractivity contribution in [3.63, 3.8) is 0 Å². The first kappa shape index (κ1) is 10.9. The van der Waals surface area contributed by atoms with E-state index in [2.05, 4.69) is 16.0 Å². The molecule has 0 spiro atoms. The van der Waals surface area contributed by atoms with Gasteiger partial charge in [0.1, 0.15) is 12.1 Å². The predicted molar refractivity (Wildman–Crippen MR) is 70.8 cm³/mol. The zero-order chi connectivity index (χ0) is 12.2. The van der Waals surface area contributed by atoms with Crippen LogP contribution in [0, 0.1) is 0 Å². The van der Waals surface area contributed by atoms with Crippen molar-refractivity contribution in [3.8, 4) is 0 Å². The smallest absolute Gasteiger partial charge is 0.108 e. The highest BCUT2D eigenvalue weighted by Crippen LogP contribution is 2.35. The van der Waals surface area contributed by atoms with Gasteiger partial charge in [-0.3, -0.25) is 0 Å². The molecule has 3 rings (SSSR count). The minimum absolute atomic E-state index is 0.198. The summed E-state index contributed by atoms with van der Waals surface area (Å²) in [7, 11) is 0. The van der Waals surface area contributed by atoms with Crippen molar-refractivity contribution in [2.24, 2.45) is 9.98 Å². The second-order valence-electron chi connectivity index (χ2n) is 4.04. The van der Waals surface area contributed by atoms with Crippen LogP contribution in [0.15, 0.2) is 64.6 Å². The number of para-hydroxylation sites is 2. The van der Waals surface area contributed by atoms with Gasteiger partial charge in [-0.05, 0) is 18.2 Å². The van der Waals surface area contributed by atoms with E-state index in [0.29, 0.717) is 0 Å². The summed E-state index contributed by atoms with van der Waals surface area (Å²) in [6.07, 6.45) is 0.198. The lowest BCUT2D eigenvalue weighted by Crippen LogP contribution is -1.80. The number of hydrogen-bond donors (Lipinski definition) is 0. The molecular formula is C15H12N2O. The van der Waals surface area contributed by atoms with Crippen LogP contribution in [0.3, 0.4) is 0 Å². The van der Waals surface area contributed by atoms with Crippen molar-refractivity contribution in [1.82, 2.24) is 0 Å². The Morgan fingerprint density at radius 1 is 0.944 bits per heavy atom. The summed E-state index contributed by atoms with van der Waals surface area (Å²) < 4.78 is 5.28. The van der Waals surface area contributed by atoms with Crippen molar-refractivity contribution >= 4 is 17.4 Å². The van der Waals surface area contributed by atoms with Gasteiger partial charge in [-0.25, -0.2) is 0 Å². The van der Waals surface area contributed by atoms with E-state index in [9.17, 15) is 0 Å². The van der Waals surface area contributed by atoms with E-state index in [1.165, 1.54) is 0 Å². The summed E-state index contributed by atoms with van der Waals surface area (Å²) >= 11 is 0. The molecule has 1 fully saturated rings. The van der Waals surface area contributed by atoms with Crippen molar-refractivity contribution in [1.29, 1.82) is 0 Å². The first-order valence-electron chi connectivity index (χ1n) is 5.85. The molecule has 0 saturated carbocycles. The maximum absolute atomic E-state index is 5.28. The Morgan fingerprint density at radius 3 is 2.44 bits per heavy atom. The molecule has 1 saturated heterocycles. The van der Waals surface area contributed by atoms with Crippen LogP contribution in [-0.4, -0.2) is 12.6 Å². The van der Waals surface area contributed by atoms with E-state index in [4.69, 9.17) is 4.74 Å². The fourth-order valence-electron chi connectivity index (χ4n) is 1.73. The molecule has 0 amide bonds. The fraction of sp³-hybridized carbons (Fsp3) is 0.133. The van der Waals surface area contributed by atoms with Crippen LogP contribution in [0.1, 0.15) is 11.7 Å². The third-order valence-corrected chi connectivity index (χ3v) is 2.72. The predicted octanol–water partition coefficient (Wildman–Crippen LogP) is 3.90. The Balaban J connectivity index is 1.86. The topological polar surface area (TPSA) is 37.2 Å². The molecule has 2 aromatic carbocycles. The molecule has 18 heavy (non-hydrogen) atoms. The monoisotopic (exact) mass is 236 g/mol. The molecule has 0 aliphatic carbocycles. The normalized spacial score (nSPS) is 16.8. The van der Waals surface area contributed by atoms with E-state index in [1.54, 1.807) is 0 Å². The fourth-order valence-corrected chi connectivity index (χ4v) is 1.73. The molecule has 1 heterocycles. The maximum atomic E-state index is 5.28. The Kier molecular flexibility index (Phi) is 3.01. The van der Waals surface area contributed by atoms with Crippen LogP contribution < -0.4 is 0 Å². The summed E-state index contributed by atoms with van der Waals surface area (Å²) in [5.41, 5.74) is 2.83. The minimum atomic E-state index is 0.198. The molecule has 0 aromatic heterocycles. The van der Waals surface area contributed by atoms with Crippen LogP contribution in [0.2, 0.25) is 0 Å². The Bertz CT molecular complexity index is 597. The number of nitrogens with zero attached hydrogens (tertiary/aromatic N) is 2. The van der Waals surface area contributed by atoms with Gasteiger partial charge in [0.15, 0.2) is 0 Å². The van der Waals surface area contributed by atoms with Gasteiger partial charge in [-0.1, -0.05) is 36.4 Å². The Morgan fingerprint density at radius 2 is 1.67 bits per heavy atom. The standard InChI is InChI=1S/C15H12N2O/c1-2-6-12(7-3-1)16-11-17-14-9-5-4-8-13(14)15-10-18-15/h1-9,15H,10H2/t15-/m0/s1. The number of rotatable bonds is 3. The summed E-state index contributed by atoms with van der Waals surface area (Å²) in [5.74, 6) is 0. The van der Waals surface area contributed by atoms with E-state index in [1.807, 2.05) is 54.6 Å². The van der Waals surface area contributed by atoms with Crippen LogP contribution in [-0.2, 0) is 4.74 Å². The number of ether oxygens (including phenoxy) is 1. The number of benzene rings is 2. The van der Waals surface area contributed by atoms with Gasteiger partial charge >= 0.3 is 0 Å². The largest absolute Gasteiger partial charge is 0.368 e. The SMILES string of the molecule is C(=Nc1ccccc1)=Nc1ccccc1[C@@H]1CO1. The number of epoxide rings is 1. The van der Waals surface area contributed by atoms with Crippen molar-refractivity contribution in [2.75, 3.05) is 6.61 Å². The molecule has 3 heteroatoms. The number of aliphatic imine (C=N–C) groups is 2. The highest BCUT2D eigenvalue weighted by molar-refractivity contribution is 5.60. The minimum Gasteiger partial charge on any atom is -0.368 e. The van der Waals surface area contributed by atoms with E-state index < -0.39 is 0 Å². The molecule has 2 aromatic rings. The second kappa shape index (κ2) is 4.96. The average molecular weight is 236 g/mol. The lowest BCUT2D eigenvalue weighted by Gasteiger charge is -1.98. The summed E-state index contributed by atoms with van der Waals surface area (Å²) in [5, 5.41) is 0. The zero-order valence-corrected chi connectivity index (χ0v) is 9.78. The van der Waals surface area contributed by atoms with Gasteiger partial charge in [0, 0.05) is 5.56 Å². The van der Waals surface area contributed by atoms with Gasteiger partial charge in [-0.15, -0.1) is 0 Å². The first-order valence-corrected chi connectivity index (χ1v) is 5.85. The molecule has 1 atom stereocenters. The molecule has 88 valence electrons. The average Bonchev–Trinajstić information content (AvgIpc) is 3.25. The van der Waals surface area contributed by atoms with Crippen LogP contribution in [0.5, 0.6) is 0 Å². The summed E-state index contributed by atoms with van der Waals surface area (Å²) in [4.78, 5) is 8.43. The van der Waals surface area contributed by atoms with Gasteiger partial charge in [0.2, 0.25) is 0 Å². The highest BCUT2D eigenvalue weighted by atomic mass is 16.6. The first-order chi connectivity index (χ1) is 8.93. The maximum Gasteiger partial charge on any atom is 0.108 e. The molecular weight excluding hydrogens is 224 g/mol. The van der Waals surface area contributed by atoms with Crippen LogP contribution >= 0.6 is 0 Å². The molecule has 1 aliphatic rings. The van der Waals surface area contributed by atoms with Gasteiger partial charge < -0.3 is 4.74 Å². The Hall–Kier alpha value is -2.22. The quantitative estimate of drug-likeness (QED) is 0.588. The van der Waals surface area contributed by atoms with Crippen molar-refractivity contribution in [3.05, 3.63) is 60.2 Å². The van der Waals surface area contributed by atoms with Gasteiger partial charge in [0.25, 0.3) is 0 Å². The van der Waals surface area contributed by atoms with Crippen LogP contribution in [0.4, 0.5) is 11.4 Å². The molecule has 0 radical (unpaired) electrons. The van der Waals surface area contributed by atoms with Gasteiger partial charge in [0.05, 0.1) is 18.0 Å². The van der Waals surface area contributed by atoms with Crippen LogP contribution in [0.25, 0.3) is 0 Å². The Labute approximate surface area is 105 Å². The lowest BCUT2D eigenvalue weighted by atomic mass is 10.1. The lowest BCUT2D eigenvalue weighted by molar-refractivity contribution is 0.416. The number of hydrogen-bond acceptors (Lipinski definition) is 3. The van der Waals surface area contributed by atoms with E-state index in [0.717, 1.165) is 23.5 Å². The molecule has 1 aliphatic heterocycles. The van der Waals surface area contributed by atoms with E-state index in [-0.39, 0.29) is 6.10 Å². The van der Waals surface area contributed by atoms with Gasteiger partial charge in [-0.2, -0.15) is 9.98 Å². The third-order valence-electron chi connectivity index (χ3n) is 2.72. The molecule has 0 unspecified atom stereocenters. The molecule has 0 bridgehead atoms.